The molecule has 2 aromatic rings. The molecule has 2 aromatic carbocycles. The second-order valence-corrected chi connectivity index (χ2v) is 9.31. The van der Waals surface area contributed by atoms with Gasteiger partial charge in [-0.05, 0) is 30.9 Å². The number of nitrogens with zero attached hydrogens (tertiary/aromatic N) is 2. The van der Waals surface area contributed by atoms with Crippen molar-refractivity contribution < 1.29 is 29.0 Å². The number of carbonyl (C=O) groups excluding carboxylic acids is 4. The number of rotatable bonds is 5. The largest absolute Gasteiger partial charge is 0.495 e. The predicted molar refractivity (Wildman–Crippen MR) is 125 cm³/mol. The zero-order valence-corrected chi connectivity index (χ0v) is 19.5. The maximum atomic E-state index is 13.4. The molecule has 9 heteroatoms. The Kier molecular flexibility index (Phi) is 5.90. The molecule has 0 spiro atoms. The number of fused-ring (bicyclic) bond motifs is 1. The summed E-state index contributed by atoms with van der Waals surface area (Å²) >= 11 is 0. The van der Waals surface area contributed by atoms with Crippen LogP contribution in [0.1, 0.15) is 57.5 Å². The average molecular weight is 478 g/mol. The molecule has 182 valence electrons. The molecule has 1 unspecified atom stereocenters. The molecule has 2 saturated heterocycles. The highest BCUT2D eigenvalue weighted by Crippen LogP contribution is 2.43. The molecule has 35 heavy (non-hydrogen) atoms. The number of aliphatic hydroxyl groups is 1. The third kappa shape index (κ3) is 4.00. The van der Waals surface area contributed by atoms with E-state index in [9.17, 15) is 24.3 Å². The number of amides is 4. The Hall–Kier alpha value is -3.56. The Morgan fingerprint density at radius 2 is 1.74 bits per heavy atom. The van der Waals surface area contributed by atoms with Gasteiger partial charge in [0.25, 0.3) is 11.8 Å². The van der Waals surface area contributed by atoms with E-state index >= 15 is 0 Å². The van der Waals surface area contributed by atoms with E-state index in [4.69, 9.17) is 4.74 Å². The highest BCUT2D eigenvalue weighted by molar-refractivity contribution is 6.24. The van der Waals surface area contributed by atoms with Gasteiger partial charge < -0.3 is 9.84 Å². The lowest BCUT2D eigenvalue weighted by molar-refractivity contribution is -0.136. The van der Waals surface area contributed by atoms with Crippen LogP contribution < -0.4 is 10.1 Å². The van der Waals surface area contributed by atoms with Gasteiger partial charge in [-0.25, -0.2) is 0 Å². The standard InChI is InChI=1S/C26H27N3O6/c1-35-22-18(26(34)11-13-28(14-12-26)15-16-5-3-2-4-6-16)8-7-17-21(22)25(33)29(24(17)32)19-9-10-20(30)27-23(19)31/h2-8,19,34H,9-15H2,1H3,(H,27,30,31). The van der Waals surface area contributed by atoms with Crippen molar-refractivity contribution in [3.63, 3.8) is 0 Å². The van der Waals surface area contributed by atoms with Crippen LogP contribution in [0.5, 0.6) is 5.75 Å². The van der Waals surface area contributed by atoms with Crippen molar-refractivity contribution in [2.24, 2.45) is 0 Å². The van der Waals surface area contributed by atoms with Gasteiger partial charge in [0.05, 0.1) is 23.8 Å². The Morgan fingerprint density at radius 1 is 1.03 bits per heavy atom. The molecule has 4 amide bonds. The predicted octanol–water partition coefficient (Wildman–Crippen LogP) is 1.58. The summed E-state index contributed by atoms with van der Waals surface area (Å²) in [6, 6.07) is 12.2. The average Bonchev–Trinajstić information content (AvgIpc) is 3.11. The molecule has 0 aliphatic carbocycles. The monoisotopic (exact) mass is 477 g/mol. The van der Waals surface area contributed by atoms with Gasteiger partial charge in [0.15, 0.2) is 0 Å². The van der Waals surface area contributed by atoms with Crippen molar-refractivity contribution >= 4 is 23.6 Å². The first-order chi connectivity index (χ1) is 16.8. The van der Waals surface area contributed by atoms with Gasteiger partial charge in [0.1, 0.15) is 11.8 Å². The number of ether oxygens (including phenoxy) is 1. The fraction of sp³-hybridized carbons (Fsp3) is 0.385. The van der Waals surface area contributed by atoms with Gasteiger partial charge in [-0.15, -0.1) is 0 Å². The van der Waals surface area contributed by atoms with E-state index in [1.807, 2.05) is 18.2 Å². The molecule has 0 saturated carbocycles. The molecule has 5 rings (SSSR count). The van der Waals surface area contributed by atoms with Crippen LogP contribution in [0, 0.1) is 0 Å². The second-order valence-electron chi connectivity index (χ2n) is 9.31. The van der Waals surface area contributed by atoms with Crippen molar-refractivity contribution in [1.29, 1.82) is 0 Å². The van der Waals surface area contributed by atoms with Crippen molar-refractivity contribution in [1.82, 2.24) is 15.1 Å². The minimum absolute atomic E-state index is 0.0471. The molecular formula is C26H27N3O6. The molecule has 9 nitrogen and oxygen atoms in total. The van der Waals surface area contributed by atoms with E-state index in [0.717, 1.165) is 11.4 Å². The summed E-state index contributed by atoms with van der Waals surface area (Å²) in [5, 5.41) is 13.8. The number of nitrogens with one attached hydrogen (secondary N) is 1. The van der Waals surface area contributed by atoms with Gasteiger partial charge >= 0.3 is 0 Å². The van der Waals surface area contributed by atoms with Gasteiger partial charge in [-0.3, -0.25) is 34.3 Å². The lowest BCUT2D eigenvalue weighted by atomic mass is 9.82. The summed E-state index contributed by atoms with van der Waals surface area (Å²) in [4.78, 5) is 53.5. The van der Waals surface area contributed by atoms with Crippen LogP contribution in [0.2, 0.25) is 0 Å². The van der Waals surface area contributed by atoms with Crippen LogP contribution in [0.25, 0.3) is 0 Å². The number of likely N-dealkylation sites (tertiary alicyclic amines) is 1. The SMILES string of the molecule is COc1c(C2(O)CCN(Cc3ccccc3)CC2)ccc2c1C(=O)N(C1CCC(=O)NC1=O)C2=O. The Balaban J connectivity index is 1.40. The number of benzene rings is 2. The number of carbonyl (C=O) groups is 4. The van der Waals surface area contributed by atoms with Crippen LogP contribution in [-0.4, -0.2) is 64.8 Å². The molecule has 0 bridgehead atoms. The zero-order valence-electron chi connectivity index (χ0n) is 19.5. The first-order valence-corrected chi connectivity index (χ1v) is 11.7. The van der Waals surface area contributed by atoms with Crippen LogP contribution >= 0.6 is 0 Å². The topological polar surface area (TPSA) is 116 Å². The highest BCUT2D eigenvalue weighted by atomic mass is 16.5. The fourth-order valence-electron chi connectivity index (χ4n) is 5.30. The smallest absolute Gasteiger partial charge is 0.266 e. The third-order valence-corrected chi connectivity index (χ3v) is 7.20. The quantitative estimate of drug-likeness (QED) is 0.628. The van der Waals surface area contributed by atoms with Gasteiger partial charge in [0.2, 0.25) is 11.8 Å². The summed E-state index contributed by atoms with van der Waals surface area (Å²) in [7, 11) is 1.40. The zero-order chi connectivity index (χ0) is 24.7. The molecule has 0 aromatic heterocycles. The molecule has 3 aliphatic heterocycles. The van der Waals surface area contributed by atoms with Crippen molar-refractivity contribution in [3.05, 3.63) is 64.7 Å². The summed E-state index contributed by atoms with van der Waals surface area (Å²) < 4.78 is 5.60. The molecular weight excluding hydrogens is 450 g/mol. The molecule has 3 aliphatic rings. The normalized spacial score (nSPS) is 22.2. The summed E-state index contributed by atoms with van der Waals surface area (Å²) in [5.74, 6) is -2.19. The van der Waals surface area contributed by atoms with Crippen molar-refractivity contribution in [2.45, 2.75) is 43.9 Å². The van der Waals surface area contributed by atoms with Gasteiger partial charge in [0, 0.05) is 31.6 Å². The van der Waals surface area contributed by atoms with Crippen molar-refractivity contribution in [2.75, 3.05) is 20.2 Å². The molecule has 2 N–H and O–H groups in total. The Morgan fingerprint density at radius 3 is 2.40 bits per heavy atom. The van der Waals surface area contributed by atoms with E-state index < -0.39 is 35.3 Å². The summed E-state index contributed by atoms with van der Waals surface area (Å²) in [5.41, 5.74) is 0.624. The maximum absolute atomic E-state index is 13.4. The first kappa shape index (κ1) is 23.2. The van der Waals surface area contributed by atoms with Crippen LogP contribution in [-0.2, 0) is 21.7 Å². The highest BCUT2D eigenvalue weighted by Gasteiger charge is 2.48. The molecule has 2 fully saturated rings. The number of piperidine rings is 2. The van der Waals surface area contributed by atoms with E-state index in [1.165, 1.54) is 18.7 Å². The minimum atomic E-state index is -1.22. The lowest BCUT2D eigenvalue weighted by Crippen LogP contribution is -2.54. The number of hydrogen-bond acceptors (Lipinski definition) is 7. The van der Waals surface area contributed by atoms with E-state index in [-0.39, 0.29) is 29.7 Å². The van der Waals surface area contributed by atoms with E-state index in [2.05, 4.69) is 22.3 Å². The van der Waals surface area contributed by atoms with E-state index in [0.29, 0.717) is 31.5 Å². The van der Waals surface area contributed by atoms with Gasteiger partial charge in [-0.1, -0.05) is 36.4 Å². The first-order valence-electron chi connectivity index (χ1n) is 11.7. The summed E-state index contributed by atoms with van der Waals surface area (Å²) in [6.45, 7) is 2.09. The number of imide groups is 2. The number of methoxy groups -OCH3 is 1. The van der Waals surface area contributed by atoms with Crippen LogP contribution in [0.15, 0.2) is 42.5 Å². The lowest BCUT2D eigenvalue weighted by Gasteiger charge is -2.39. The minimum Gasteiger partial charge on any atom is -0.495 e. The number of hydrogen-bond donors (Lipinski definition) is 2. The molecule has 1 atom stereocenters. The Bertz CT molecular complexity index is 1200. The van der Waals surface area contributed by atoms with E-state index in [1.54, 1.807) is 6.07 Å². The summed E-state index contributed by atoms with van der Waals surface area (Å²) in [6.07, 6.45) is 1.000. The molecule has 0 radical (unpaired) electrons. The molecule has 3 heterocycles. The van der Waals surface area contributed by atoms with Crippen molar-refractivity contribution in [3.8, 4) is 5.75 Å². The van der Waals surface area contributed by atoms with Gasteiger partial charge in [-0.2, -0.15) is 0 Å². The third-order valence-electron chi connectivity index (χ3n) is 7.20. The maximum Gasteiger partial charge on any atom is 0.266 e. The van der Waals surface area contributed by atoms with Crippen LogP contribution in [0.4, 0.5) is 0 Å². The fourth-order valence-corrected chi connectivity index (χ4v) is 5.30. The Labute approximate surface area is 202 Å². The second kappa shape index (κ2) is 8.90. The van der Waals surface area contributed by atoms with Crippen LogP contribution in [0.3, 0.4) is 0 Å².